The second kappa shape index (κ2) is 6.39. The SMILES string of the molecule is CNc1cc(C)ncc1C(=O)Nc1cccc(C(C)C)c1. The molecule has 4 nitrogen and oxygen atoms in total. The Balaban J connectivity index is 2.24. The van der Waals surface area contributed by atoms with E-state index in [-0.39, 0.29) is 5.91 Å². The van der Waals surface area contributed by atoms with E-state index in [4.69, 9.17) is 0 Å². The fourth-order valence-corrected chi connectivity index (χ4v) is 2.12. The quantitative estimate of drug-likeness (QED) is 0.897. The fourth-order valence-electron chi connectivity index (χ4n) is 2.12. The largest absolute Gasteiger partial charge is 0.387 e. The minimum Gasteiger partial charge on any atom is -0.387 e. The summed E-state index contributed by atoms with van der Waals surface area (Å²) in [7, 11) is 1.80. The molecule has 0 spiro atoms. The molecule has 1 aromatic heterocycles. The predicted octanol–water partition coefficient (Wildman–Crippen LogP) is 3.81. The van der Waals surface area contributed by atoms with Crippen LogP contribution in [0.1, 0.15) is 41.4 Å². The van der Waals surface area contributed by atoms with E-state index >= 15 is 0 Å². The van der Waals surface area contributed by atoms with Crippen LogP contribution in [0.25, 0.3) is 0 Å². The van der Waals surface area contributed by atoms with Crippen LogP contribution in [0, 0.1) is 6.92 Å². The molecular weight excluding hydrogens is 262 g/mol. The normalized spacial score (nSPS) is 10.5. The molecule has 1 heterocycles. The van der Waals surface area contributed by atoms with Crippen LogP contribution in [0.3, 0.4) is 0 Å². The Morgan fingerprint density at radius 3 is 2.67 bits per heavy atom. The lowest BCUT2D eigenvalue weighted by atomic mass is 10.0. The van der Waals surface area contributed by atoms with Crippen LogP contribution in [-0.4, -0.2) is 17.9 Å². The zero-order valence-electron chi connectivity index (χ0n) is 12.9. The van der Waals surface area contributed by atoms with Gasteiger partial charge in [0.25, 0.3) is 5.91 Å². The first-order chi connectivity index (χ1) is 10.0. The highest BCUT2D eigenvalue weighted by Crippen LogP contribution is 2.21. The smallest absolute Gasteiger partial charge is 0.259 e. The average Bonchev–Trinajstić information content (AvgIpc) is 2.47. The summed E-state index contributed by atoms with van der Waals surface area (Å²) in [6.07, 6.45) is 1.60. The van der Waals surface area contributed by atoms with E-state index in [1.54, 1.807) is 13.2 Å². The first-order valence-electron chi connectivity index (χ1n) is 7.07. The lowest BCUT2D eigenvalue weighted by Crippen LogP contribution is -2.15. The number of hydrogen-bond donors (Lipinski definition) is 2. The zero-order chi connectivity index (χ0) is 15.4. The maximum absolute atomic E-state index is 12.4. The first kappa shape index (κ1) is 15.0. The Hall–Kier alpha value is -2.36. The summed E-state index contributed by atoms with van der Waals surface area (Å²) in [5.74, 6) is 0.267. The monoisotopic (exact) mass is 283 g/mol. The Kier molecular flexibility index (Phi) is 4.58. The highest BCUT2D eigenvalue weighted by molar-refractivity contribution is 6.07. The van der Waals surface area contributed by atoms with Crippen molar-refractivity contribution in [2.24, 2.45) is 0 Å². The van der Waals surface area contributed by atoms with Gasteiger partial charge in [0.2, 0.25) is 0 Å². The molecular formula is C17H21N3O. The summed E-state index contributed by atoms with van der Waals surface area (Å²) >= 11 is 0. The van der Waals surface area contributed by atoms with Gasteiger partial charge in [0, 0.05) is 24.6 Å². The van der Waals surface area contributed by atoms with Crippen molar-refractivity contribution in [2.45, 2.75) is 26.7 Å². The summed E-state index contributed by atoms with van der Waals surface area (Å²) < 4.78 is 0. The fraction of sp³-hybridized carbons (Fsp3) is 0.294. The molecule has 110 valence electrons. The third-order valence-corrected chi connectivity index (χ3v) is 3.37. The molecule has 0 bridgehead atoms. The topological polar surface area (TPSA) is 54.0 Å². The molecule has 0 saturated carbocycles. The number of amides is 1. The second-order valence-electron chi connectivity index (χ2n) is 5.36. The number of aromatic nitrogens is 1. The van der Waals surface area contributed by atoms with E-state index in [9.17, 15) is 4.79 Å². The van der Waals surface area contributed by atoms with Crippen molar-refractivity contribution in [3.8, 4) is 0 Å². The number of nitrogens with one attached hydrogen (secondary N) is 2. The molecule has 0 radical (unpaired) electrons. The van der Waals surface area contributed by atoms with Crippen LogP contribution in [0.2, 0.25) is 0 Å². The van der Waals surface area contributed by atoms with Gasteiger partial charge in [-0.2, -0.15) is 0 Å². The third-order valence-electron chi connectivity index (χ3n) is 3.37. The first-order valence-corrected chi connectivity index (χ1v) is 7.07. The van der Waals surface area contributed by atoms with E-state index in [2.05, 4.69) is 35.5 Å². The Bertz CT molecular complexity index is 650. The van der Waals surface area contributed by atoms with Crippen LogP contribution in [0.4, 0.5) is 11.4 Å². The van der Waals surface area contributed by atoms with Gasteiger partial charge in [-0.15, -0.1) is 0 Å². The second-order valence-corrected chi connectivity index (χ2v) is 5.36. The van der Waals surface area contributed by atoms with Crippen molar-refractivity contribution >= 4 is 17.3 Å². The van der Waals surface area contributed by atoms with Crippen molar-refractivity contribution in [3.05, 3.63) is 53.3 Å². The van der Waals surface area contributed by atoms with Gasteiger partial charge < -0.3 is 10.6 Å². The summed E-state index contributed by atoms with van der Waals surface area (Å²) in [5.41, 5.74) is 4.19. The van der Waals surface area contributed by atoms with Crippen LogP contribution >= 0.6 is 0 Å². The highest BCUT2D eigenvalue weighted by Gasteiger charge is 2.12. The molecule has 0 aliphatic carbocycles. The van der Waals surface area contributed by atoms with E-state index in [1.165, 1.54) is 5.56 Å². The van der Waals surface area contributed by atoms with Crippen molar-refractivity contribution in [3.63, 3.8) is 0 Å². The minimum absolute atomic E-state index is 0.159. The summed E-state index contributed by atoms with van der Waals surface area (Å²) in [5, 5.41) is 5.96. The van der Waals surface area contributed by atoms with E-state index < -0.39 is 0 Å². The number of nitrogens with zero attached hydrogens (tertiary/aromatic N) is 1. The molecule has 4 heteroatoms. The number of benzene rings is 1. The van der Waals surface area contributed by atoms with E-state index in [0.717, 1.165) is 17.1 Å². The Morgan fingerprint density at radius 1 is 1.24 bits per heavy atom. The zero-order valence-corrected chi connectivity index (χ0v) is 12.9. The molecule has 1 aromatic carbocycles. The van der Waals surface area contributed by atoms with Crippen LogP contribution in [-0.2, 0) is 0 Å². The van der Waals surface area contributed by atoms with Crippen molar-refractivity contribution in [1.29, 1.82) is 0 Å². The van der Waals surface area contributed by atoms with Gasteiger partial charge in [-0.1, -0.05) is 26.0 Å². The van der Waals surface area contributed by atoms with Gasteiger partial charge >= 0.3 is 0 Å². The average molecular weight is 283 g/mol. The van der Waals surface area contributed by atoms with Gasteiger partial charge in [0.15, 0.2) is 0 Å². The summed E-state index contributed by atoms with van der Waals surface area (Å²) in [4.78, 5) is 16.6. The number of pyridine rings is 1. The van der Waals surface area contributed by atoms with Gasteiger partial charge in [0.05, 0.1) is 11.3 Å². The maximum atomic E-state index is 12.4. The number of aryl methyl sites for hydroxylation is 1. The molecule has 0 aliphatic rings. The molecule has 0 unspecified atom stereocenters. The molecule has 0 fully saturated rings. The lowest BCUT2D eigenvalue weighted by Gasteiger charge is -2.12. The van der Waals surface area contributed by atoms with Crippen molar-refractivity contribution < 1.29 is 4.79 Å². The Morgan fingerprint density at radius 2 is 2.00 bits per heavy atom. The molecule has 2 N–H and O–H groups in total. The van der Waals surface area contributed by atoms with Crippen LogP contribution < -0.4 is 10.6 Å². The molecule has 2 aromatic rings. The van der Waals surface area contributed by atoms with Crippen LogP contribution in [0.5, 0.6) is 0 Å². The number of hydrogen-bond acceptors (Lipinski definition) is 3. The molecule has 2 rings (SSSR count). The summed E-state index contributed by atoms with van der Waals surface area (Å²) in [6, 6.07) is 9.78. The van der Waals surface area contributed by atoms with Gasteiger partial charge in [-0.05, 0) is 36.6 Å². The standard InChI is InChI=1S/C17H21N3O/c1-11(2)13-6-5-7-14(9-13)20-17(21)15-10-19-12(3)8-16(15)18-4/h5-11H,1-4H3,(H,18,19)(H,20,21). The van der Waals surface area contributed by atoms with Gasteiger partial charge in [-0.3, -0.25) is 9.78 Å². The maximum Gasteiger partial charge on any atom is 0.259 e. The molecule has 1 amide bonds. The Labute approximate surface area is 125 Å². The molecule has 0 saturated heterocycles. The molecule has 0 atom stereocenters. The molecule has 21 heavy (non-hydrogen) atoms. The third kappa shape index (κ3) is 3.60. The predicted molar refractivity (Wildman–Crippen MR) is 87.0 cm³/mol. The number of anilines is 2. The highest BCUT2D eigenvalue weighted by atomic mass is 16.1. The summed E-state index contributed by atoms with van der Waals surface area (Å²) in [6.45, 7) is 6.16. The van der Waals surface area contributed by atoms with E-state index in [0.29, 0.717) is 11.5 Å². The van der Waals surface area contributed by atoms with Crippen LogP contribution in [0.15, 0.2) is 36.5 Å². The van der Waals surface area contributed by atoms with E-state index in [1.807, 2.05) is 31.2 Å². The lowest BCUT2D eigenvalue weighted by molar-refractivity contribution is 0.102. The molecule has 0 aliphatic heterocycles. The minimum atomic E-state index is -0.159. The van der Waals surface area contributed by atoms with Crippen molar-refractivity contribution in [2.75, 3.05) is 17.7 Å². The number of carbonyl (C=O) groups is 1. The van der Waals surface area contributed by atoms with Crippen molar-refractivity contribution in [1.82, 2.24) is 4.98 Å². The van der Waals surface area contributed by atoms with Gasteiger partial charge in [0.1, 0.15) is 0 Å². The number of carbonyl (C=O) groups excluding carboxylic acids is 1. The van der Waals surface area contributed by atoms with Gasteiger partial charge in [-0.25, -0.2) is 0 Å². The number of rotatable bonds is 4.